The fourth-order valence-electron chi connectivity index (χ4n) is 2.39. The van der Waals surface area contributed by atoms with Gasteiger partial charge in [0.25, 0.3) is 0 Å². The smallest absolute Gasteiger partial charge is 0.0455 e. The lowest BCUT2D eigenvalue weighted by atomic mass is 10.1. The van der Waals surface area contributed by atoms with Crippen LogP contribution in [0.5, 0.6) is 0 Å². The van der Waals surface area contributed by atoms with Gasteiger partial charge in [-0.05, 0) is 31.5 Å². The van der Waals surface area contributed by atoms with E-state index in [2.05, 4.69) is 23.0 Å². The first-order chi connectivity index (χ1) is 9.52. The van der Waals surface area contributed by atoms with Crippen LogP contribution in [0, 0.1) is 13.8 Å². The third-order valence-electron chi connectivity index (χ3n) is 3.42. The number of benzene rings is 1. The fourth-order valence-corrected chi connectivity index (χ4v) is 2.59. The maximum atomic E-state index is 6.23. The van der Waals surface area contributed by atoms with Crippen molar-refractivity contribution in [2.24, 2.45) is 5.73 Å². The summed E-state index contributed by atoms with van der Waals surface area (Å²) >= 11 is 6.23. The van der Waals surface area contributed by atoms with Crippen LogP contribution in [0.2, 0.25) is 5.02 Å². The second-order valence-electron chi connectivity index (χ2n) is 5.00. The van der Waals surface area contributed by atoms with Crippen LogP contribution < -0.4 is 10.6 Å². The van der Waals surface area contributed by atoms with Gasteiger partial charge in [-0.25, -0.2) is 0 Å². The Labute approximate surface area is 125 Å². The molecule has 0 fully saturated rings. The number of rotatable bonds is 4. The molecule has 1 aromatic heterocycles. The Morgan fingerprint density at radius 1 is 1.25 bits per heavy atom. The van der Waals surface area contributed by atoms with Crippen LogP contribution in [0.15, 0.2) is 30.3 Å². The van der Waals surface area contributed by atoms with Gasteiger partial charge in [-0.1, -0.05) is 29.8 Å². The minimum atomic E-state index is 0.487. The van der Waals surface area contributed by atoms with Crippen LogP contribution in [0.1, 0.15) is 22.5 Å². The topological polar surface area (TPSA) is 42.1 Å². The molecule has 0 amide bonds. The van der Waals surface area contributed by atoms with Gasteiger partial charge in [-0.3, -0.25) is 4.98 Å². The van der Waals surface area contributed by atoms with Gasteiger partial charge >= 0.3 is 0 Å². The van der Waals surface area contributed by atoms with E-state index >= 15 is 0 Å². The van der Waals surface area contributed by atoms with Crippen LogP contribution in [-0.2, 0) is 13.1 Å². The average Bonchev–Trinajstić information content (AvgIpc) is 2.40. The van der Waals surface area contributed by atoms with Crippen molar-refractivity contribution in [2.75, 3.05) is 11.9 Å². The van der Waals surface area contributed by atoms with Crippen LogP contribution in [-0.4, -0.2) is 12.0 Å². The van der Waals surface area contributed by atoms with E-state index in [1.807, 2.05) is 38.1 Å². The monoisotopic (exact) mass is 289 g/mol. The molecule has 0 saturated carbocycles. The molecule has 0 atom stereocenters. The summed E-state index contributed by atoms with van der Waals surface area (Å²) in [6.45, 7) is 5.24. The number of pyridine rings is 1. The summed E-state index contributed by atoms with van der Waals surface area (Å²) in [5, 5.41) is 0.788. The summed E-state index contributed by atoms with van der Waals surface area (Å²) in [4.78, 5) is 6.65. The number of anilines is 1. The molecule has 20 heavy (non-hydrogen) atoms. The number of hydrogen-bond donors (Lipinski definition) is 1. The Morgan fingerprint density at radius 2 is 1.95 bits per heavy atom. The Kier molecular flexibility index (Phi) is 4.63. The van der Waals surface area contributed by atoms with Crippen molar-refractivity contribution >= 4 is 17.3 Å². The Hall–Kier alpha value is -1.58. The van der Waals surface area contributed by atoms with Gasteiger partial charge in [0, 0.05) is 47.8 Å². The molecule has 0 aliphatic carbocycles. The summed E-state index contributed by atoms with van der Waals surface area (Å²) in [6, 6.07) is 9.98. The van der Waals surface area contributed by atoms with Crippen molar-refractivity contribution in [3.63, 3.8) is 0 Å². The maximum Gasteiger partial charge on any atom is 0.0455 e. The molecule has 0 saturated heterocycles. The second kappa shape index (κ2) is 6.25. The second-order valence-corrected chi connectivity index (χ2v) is 5.41. The molecule has 4 heteroatoms. The van der Waals surface area contributed by atoms with E-state index in [-0.39, 0.29) is 0 Å². The van der Waals surface area contributed by atoms with Crippen LogP contribution in [0.25, 0.3) is 0 Å². The van der Waals surface area contributed by atoms with Gasteiger partial charge in [0.1, 0.15) is 0 Å². The first-order valence-electron chi connectivity index (χ1n) is 6.64. The first kappa shape index (κ1) is 14.8. The van der Waals surface area contributed by atoms with Crippen molar-refractivity contribution in [3.05, 3.63) is 57.9 Å². The normalized spacial score (nSPS) is 10.7. The Morgan fingerprint density at radius 3 is 2.60 bits per heavy atom. The fraction of sp³-hybridized carbons (Fsp3) is 0.312. The number of aromatic nitrogens is 1. The minimum absolute atomic E-state index is 0.487. The highest BCUT2D eigenvalue weighted by Gasteiger charge is 2.12. The predicted octanol–water partition coefficient (Wildman–Crippen LogP) is 3.45. The van der Waals surface area contributed by atoms with Gasteiger partial charge in [0.15, 0.2) is 0 Å². The quantitative estimate of drug-likeness (QED) is 0.937. The molecule has 0 unspecified atom stereocenters. The third-order valence-corrected chi connectivity index (χ3v) is 3.79. The molecule has 106 valence electrons. The van der Waals surface area contributed by atoms with E-state index in [0.29, 0.717) is 6.54 Å². The van der Waals surface area contributed by atoms with Gasteiger partial charge in [0.05, 0.1) is 0 Å². The first-order valence-corrected chi connectivity index (χ1v) is 7.02. The maximum absolute atomic E-state index is 6.23. The number of aryl methyl sites for hydroxylation is 2. The van der Waals surface area contributed by atoms with E-state index in [9.17, 15) is 0 Å². The number of hydrogen-bond acceptors (Lipinski definition) is 3. The lowest BCUT2D eigenvalue weighted by Crippen LogP contribution is -2.20. The molecule has 0 spiro atoms. The zero-order valence-electron chi connectivity index (χ0n) is 12.2. The molecule has 2 N–H and O–H groups in total. The molecule has 2 aromatic rings. The molecule has 0 aliphatic rings. The number of halogens is 1. The zero-order valence-corrected chi connectivity index (χ0v) is 12.9. The minimum Gasteiger partial charge on any atom is -0.370 e. The molecular formula is C16H20ClN3. The Balaban J connectivity index is 2.34. The summed E-state index contributed by atoms with van der Waals surface area (Å²) in [5.74, 6) is 0. The molecule has 0 bridgehead atoms. The van der Waals surface area contributed by atoms with Gasteiger partial charge in [-0.2, -0.15) is 0 Å². The molecule has 0 radical (unpaired) electrons. The summed E-state index contributed by atoms with van der Waals surface area (Å²) in [7, 11) is 2.05. The predicted molar refractivity (Wildman–Crippen MR) is 85.2 cm³/mol. The van der Waals surface area contributed by atoms with Crippen molar-refractivity contribution in [1.82, 2.24) is 4.98 Å². The SMILES string of the molecule is Cc1cc(N(C)Cc2ccccc2Cl)c(CN)c(C)n1. The molecule has 3 nitrogen and oxygen atoms in total. The van der Waals surface area contributed by atoms with Crippen LogP contribution >= 0.6 is 11.6 Å². The van der Waals surface area contributed by atoms with Crippen LogP contribution in [0.3, 0.4) is 0 Å². The molecule has 0 aliphatic heterocycles. The molecular weight excluding hydrogens is 270 g/mol. The summed E-state index contributed by atoms with van der Waals surface area (Å²) in [6.07, 6.45) is 0. The van der Waals surface area contributed by atoms with E-state index in [4.69, 9.17) is 17.3 Å². The van der Waals surface area contributed by atoms with E-state index in [1.54, 1.807) is 0 Å². The number of nitrogens with two attached hydrogens (primary N) is 1. The summed E-state index contributed by atoms with van der Waals surface area (Å²) in [5.41, 5.74) is 11.2. The lowest BCUT2D eigenvalue weighted by Gasteiger charge is -2.24. The van der Waals surface area contributed by atoms with Crippen LogP contribution in [0.4, 0.5) is 5.69 Å². The third kappa shape index (κ3) is 3.11. The van der Waals surface area contributed by atoms with E-state index in [0.717, 1.165) is 39.8 Å². The highest BCUT2D eigenvalue weighted by Crippen LogP contribution is 2.25. The Bertz CT molecular complexity index is 611. The molecule has 1 heterocycles. The van der Waals surface area contributed by atoms with Crippen molar-refractivity contribution in [1.29, 1.82) is 0 Å². The highest BCUT2D eigenvalue weighted by molar-refractivity contribution is 6.31. The van der Waals surface area contributed by atoms with Crippen molar-refractivity contribution in [2.45, 2.75) is 26.9 Å². The van der Waals surface area contributed by atoms with E-state index in [1.165, 1.54) is 0 Å². The van der Waals surface area contributed by atoms with Gasteiger partial charge in [0.2, 0.25) is 0 Å². The standard InChI is InChI=1S/C16H20ClN3/c1-11-8-16(14(9-18)12(2)19-11)20(3)10-13-6-4-5-7-15(13)17/h4-8H,9-10,18H2,1-3H3. The lowest BCUT2D eigenvalue weighted by molar-refractivity contribution is 0.885. The van der Waals surface area contributed by atoms with Crippen molar-refractivity contribution < 1.29 is 0 Å². The highest BCUT2D eigenvalue weighted by atomic mass is 35.5. The summed E-state index contributed by atoms with van der Waals surface area (Å²) < 4.78 is 0. The van der Waals surface area contributed by atoms with Crippen molar-refractivity contribution in [3.8, 4) is 0 Å². The van der Waals surface area contributed by atoms with E-state index < -0.39 is 0 Å². The average molecular weight is 290 g/mol. The molecule has 2 rings (SSSR count). The molecule has 1 aromatic carbocycles. The largest absolute Gasteiger partial charge is 0.370 e. The number of nitrogens with zero attached hydrogens (tertiary/aromatic N) is 2. The zero-order chi connectivity index (χ0) is 14.7. The van der Waals surface area contributed by atoms with Gasteiger partial charge < -0.3 is 10.6 Å². The van der Waals surface area contributed by atoms with Gasteiger partial charge in [-0.15, -0.1) is 0 Å².